The van der Waals surface area contributed by atoms with Gasteiger partial charge in [-0.25, -0.2) is 0 Å². The number of aldehydes is 1. The number of fused-ring (bicyclic) bond motifs is 1. The Kier molecular flexibility index (Phi) is 5.45. The van der Waals surface area contributed by atoms with E-state index in [4.69, 9.17) is 4.74 Å². The molecule has 0 saturated heterocycles. The van der Waals surface area contributed by atoms with Crippen molar-refractivity contribution in [3.05, 3.63) is 34.4 Å². The first kappa shape index (κ1) is 19.0. The third-order valence-electron chi connectivity index (χ3n) is 6.67. The van der Waals surface area contributed by atoms with Crippen LogP contribution in [0.15, 0.2) is 17.7 Å². The second kappa shape index (κ2) is 7.46. The molecule has 1 aliphatic carbocycles. The molecule has 26 heavy (non-hydrogen) atoms. The minimum atomic E-state index is 0.225. The zero-order valence-electron chi connectivity index (χ0n) is 16.6. The average molecular weight is 357 g/mol. The van der Waals surface area contributed by atoms with Gasteiger partial charge in [0.25, 0.3) is 0 Å². The van der Waals surface area contributed by atoms with Gasteiger partial charge in [-0.1, -0.05) is 39.7 Å². The molecule has 3 nitrogen and oxygen atoms in total. The van der Waals surface area contributed by atoms with Gasteiger partial charge in [0, 0.05) is 5.56 Å². The second-order valence-electron chi connectivity index (χ2n) is 8.91. The fourth-order valence-electron chi connectivity index (χ4n) is 5.03. The van der Waals surface area contributed by atoms with Crippen molar-refractivity contribution in [3.8, 4) is 11.5 Å². The number of carbonyl (C=O) groups excluding carboxylic acids is 1. The van der Waals surface area contributed by atoms with Crippen LogP contribution in [0.2, 0.25) is 0 Å². The Balaban J connectivity index is 1.73. The lowest BCUT2D eigenvalue weighted by atomic mass is 9.62. The number of phenolic OH excluding ortho intramolecular Hbond substituents is 1. The van der Waals surface area contributed by atoms with Gasteiger partial charge in [-0.2, -0.15) is 0 Å². The zero-order chi connectivity index (χ0) is 18.9. The highest BCUT2D eigenvalue weighted by atomic mass is 16.5. The Labute approximate surface area is 157 Å². The normalized spacial score (nSPS) is 24.8. The molecule has 1 N–H and O–H groups in total. The molecule has 3 heteroatoms. The first-order valence-corrected chi connectivity index (χ1v) is 9.95. The van der Waals surface area contributed by atoms with Crippen molar-refractivity contribution in [2.45, 2.75) is 66.2 Å². The van der Waals surface area contributed by atoms with Gasteiger partial charge in [0.15, 0.2) is 6.29 Å². The van der Waals surface area contributed by atoms with Crippen LogP contribution in [0.4, 0.5) is 0 Å². The van der Waals surface area contributed by atoms with E-state index in [1.54, 1.807) is 6.07 Å². The quantitative estimate of drug-likeness (QED) is 0.563. The maximum Gasteiger partial charge on any atom is 0.154 e. The van der Waals surface area contributed by atoms with Crippen LogP contribution in [0.3, 0.4) is 0 Å². The van der Waals surface area contributed by atoms with Gasteiger partial charge in [-0.15, -0.1) is 0 Å². The maximum atomic E-state index is 11.5. The fourth-order valence-corrected chi connectivity index (χ4v) is 5.03. The fraction of sp³-hybridized carbons (Fsp3) is 0.609. The van der Waals surface area contributed by atoms with E-state index in [1.165, 1.54) is 31.3 Å². The molecule has 2 unspecified atom stereocenters. The summed E-state index contributed by atoms with van der Waals surface area (Å²) < 4.78 is 6.00. The number of benzene rings is 1. The summed E-state index contributed by atoms with van der Waals surface area (Å²) in [5, 5.41) is 10.3. The topological polar surface area (TPSA) is 46.5 Å². The molecule has 3 rings (SSSR count). The Hall–Kier alpha value is -1.77. The van der Waals surface area contributed by atoms with Gasteiger partial charge in [0.1, 0.15) is 18.1 Å². The van der Waals surface area contributed by atoms with Gasteiger partial charge in [0.2, 0.25) is 0 Å². The molecule has 0 spiro atoms. The van der Waals surface area contributed by atoms with E-state index in [2.05, 4.69) is 26.8 Å². The molecule has 142 valence electrons. The Morgan fingerprint density at radius 1 is 1.38 bits per heavy atom. The summed E-state index contributed by atoms with van der Waals surface area (Å²) in [6.45, 7) is 9.57. The molecule has 0 radical (unpaired) electrons. The Morgan fingerprint density at radius 2 is 2.15 bits per heavy atom. The molecule has 2 atom stereocenters. The molecular formula is C23H32O3. The standard InChI is InChI=1S/C23H32O3/c1-15-6-5-11-23(3,4)20(15)10-8-17-7-9-18-21(25)12-16(2)19(13-24)22(18)26-14-17/h7,12-13,15,20,25H,5-6,8-11,14H2,1-4H3. The van der Waals surface area contributed by atoms with Crippen molar-refractivity contribution in [2.24, 2.45) is 17.3 Å². The summed E-state index contributed by atoms with van der Waals surface area (Å²) in [6.07, 6.45) is 9.87. The van der Waals surface area contributed by atoms with Gasteiger partial charge in [-0.3, -0.25) is 4.79 Å². The largest absolute Gasteiger partial charge is 0.508 e. The van der Waals surface area contributed by atoms with Crippen molar-refractivity contribution in [1.29, 1.82) is 0 Å². The molecule has 1 heterocycles. The van der Waals surface area contributed by atoms with E-state index in [0.29, 0.717) is 29.8 Å². The summed E-state index contributed by atoms with van der Waals surface area (Å²) in [4.78, 5) is 11.5. The third kappa shape index (κ3) is 3.67. The number of phenols is 1. The number of rotatable bonds is 4. The van der Waals surface area contributed by atoms with E-state index in [1.807, 2.05) is 6.92 Å². The van der Waals surface area contributed by atoms with Crippen LogP contribution in [0.1, 0.15) is 74.4 Å². The summed E-state index contributed by atoms with van der Waals surface area (Å²) >= 11 is 0. The molecule has 0 amide bonds. The highest BCUT2D eigenvalue weighted by Crippen LogP contribution is 2.46. The van der Waals surface area contributed by atoms with Crippen molar-refractivity contribution in [2.75, 3.05) is 6.61 Å². The zero-order valence-corrected chi connectivity index (χ0v) is 16.6. The number of allylic oxidation sites excluding steroid dienone is 1. The van der Waals surface area contributed by atoms with Crippen LogP contribution in [-0.2, 0) is 6.42 Å². The van der Waals surface area contributed by atoms with Crippen molar-refractivity contribution < 1.29 is 14.6 Å². The van der Waals surface area contributed by atoms with Gasteiger partial charge in [-0.05, 0) is 67.1 Å². The third-order valence-corrected chi connectivity index (χ3v) is 6.67. The van der Waals surface area contributed by atoms with Crippen LogP contribution in [-0.4, -0.2) is 18.0 Å². The SMILES string of the molecule is Cc1cc(O)c2c(c1C=O)OCC(CCC1C(C)CCCC1(C)C)=CC2. The van der Waals surface area contributed by atoms with E-state index < -0.39 is 0 Å². The summed E-state index contributed by atoms with van der Waals surface area (Å²) in [6, 6.07) is 1.66. The summed E-state index contributed by atoms with van der Waals surface area (Å²) in [5.74, 6) is 2.30. The van der Waals surface area contributed by atoms with E-state index in [-0.39, 0.29) is 5.75 Å². The molecule has 1 aromatic rings. The first-order chi connectivity index (χ1) is 12.3. The van der Waals surface area contributed by atoms with Crippen LogP contribution < -0.4 is 4.74 Å². The van der Waals surface area contributed by atoms with Gasteiger partial charge < -0.3 is 9.84 Å². The number of aryl methyl sites for hydroxylation is 1. The molecule has 0 bridgehead atoms. The summed E-state index contributed by atoms with van der Waals surface area (Å²) in [7, 11) is 0. The van der Waals surface area contributed by atoms with E-state index in [9.17, 15) is 9.90 Å². The second-order valence-corrected chi connectivity index (χ2v) is 8.91. The number of carbonyl (C=O) groups is 1. The number of aromatic hydroxyl groups is 1. The predicted molar refractivity (Wildman–Crippen MR) is 105 cm³/mol. The smallest absolute Gasteiger partial charge is 0.154 e. The first-order valence-electron chi connectivity index (χ1n) is 9.95. The molecule has 1 fully saturated rings. The molecule has 1 aliphatic heterocycles. The minimum absolute atomic E-state index is 0.225. The van der Waals surface area contributed by atoms with Crippen LogP contribution in [0.5, 0.6) is 11.5 Å². The molecule has 2 aliphatic rings. The van der Waals surface area contributed by atoms with E-state index in [0.717, 1.165) is 35.7 Å². The number of ether oxygens (including phenoxy) is 1. The minimum Gasteiger partial charge on any atom is -0.508 e. The van der Waals surface area contributed by atoms with Crippen LogP contribution in [0, 0.1) is 24.2 Å². The van der Waals surface area contributed by atoms with Gasteiger partial charge in [0.05, 0.1) is 5.56 Å². The lowest BCUT2D eigenvalue weighted by Gasteiger charge is -2.43. The highest BCUT2D eigenvalue weighted by Gasteiger charge is 2.36. The summed E-state index contributed by atoms with van der Waals surface area (Å²) in [5.41, 5.74) is 3.75. The Bertz CT molecular complexity index is 715. The van der Waals surface area contributed by atoms with Gasteiger partial charge >= 0.3 is 0 Å². The van der Waals surface area contributed by atoms with Crippen molar-refractivity contribution in [1.82, 2.24) is 0 Å². The number of hydrogen-bond donors (Lipinski definition) is 1. The Morgan fingerprint density at radius 3 is 2.85 bits per heavy atom. The maximum absolute atomic E-state index is 11.5. The molecule has 1 saturated carbocycles. The number of hydrogen-bond acceptors (Lipinski definition) is 3. The average Bonchev–Trinajstić information content (AvgIpc) is 2.77. The van der Waals surface area contributed by atoms with Crippen LogP contribution in [0.25, 0.3) is 0 Å². The monoisotopic (exact) mass is 356 g/mol. The van der Waals surface area contributed by atoms with Crippen molar-refractivity contribution in [3.63, 3.8) is 0 Å². The lowest BCUT2D eigenvalue weighted by molar-refractivity contribution is 0.0762. The lowest BCUT2D eigenvalue weighted by Crippen LogP contribution is -2.33. The van der Waals surface area contributed by atoms with E-state index >= 15 is 0 Å². The predicted octanol–water partition coefficient (Wildman–Crippen LogP) is 5.62. The molecular weight excluding hydrogens is 324 g/mol. The van der Waals surface area contributed by atoms with Crippen LogP contribution >= 0.6 is 0 Å². The molecule has 1 aromatic carbocycles. The highest BCUT2D eigenvalue weighted by molar-refractivity contribution is 5.83. The van der Waals surface area contributed by atoms with Crippen molar-refractivity contribution >= 4 is 6.29 Å². The molecule has 0 aromatic heterocycles.